The highest BCUT2D eigenvalue weighted by atomic mass is 32.2. The Morgan fingerprint density at radius 1 is 1.60 bits per heavy atom. The Bertz CT molecular complexity index is 273. The summed E-state index contributed by atoms with van der Waals surface area (Å²) in [5.41, 5.74) is 0. The molecule has 0 fully saturated rings. The Kier molecular flexibility index (Phi) is 5.79. The van der Waals surface area contributed by atoms with Gasteiger partial charge in [0, 0.05) is 25.5 Å². The smallest absolute Gasteiger partial charge is 0.105 e. The maximum atomic E-state index is 4.19. The normalized spacial score (nSPS) is 13.0. The Morgan fingerprint density at radius 3 is 3.00 bits per heavy atom. The molecule has 0 bridgehead atoms. The zero-order valence-corrected chi connectivity index (χ0v) is 10.7. The molecule has 86 valence electrons. The van der Waals surface area contributed by atoms with Crippen molar-refractivity contribution in [3.05, 3.63) is 18.2 Å². The first-order valence-electron chi connectivity index (χ1n) is 5.41. The van der Waals surface area contributed by atoms with E-state index in [1.54, 1.807) is 0 Å². The fraction of sp³-hybridized carbons (Fsp3) is 0.727. The van der Waals surface area contributed by atoms with Crippen molar-refractivity contribution in [1.29, 1.82) is 0 Å². The van der Waals surface area contributed by atoms with Gasteiger partial charge in [-0.2, -0.15) is 11.8 Å². The van der Waals surface area contributed by atoms with Crippen LogP contribution in [0.5, 0.6) is 0 Å². The Balaban J connectivity index is 2.09. The quantitative estimate of drug-likeness (QED) is 0.720. The number of rotatable bonds is 7. The molecule has 4 heteroatoms. The van der Waals surface area contributed by atoms with Gasteiger partial charge in [0.05, 0.1) is 0 Å². The van der Waals surface area contributed by atoms with Crippen LogP contribution in [0.4, 0.5) is 0 Å². The van der Waals surface area contributed by atoms with Crippen molar-refractivity contribution < 1.29 is 0 Å². The van der Waals surface area contributed by atoms with Crippen LogP contribution in [0.25, 0.3) is 0 Å². The van der Waals surface area contributed by atoms with Gasteiger partial charge >= 0.3 is 0 Å². The molecule has 3 nitrogen and oxygen atoms in total. The lowest BCUT2D eigenvalue weighted by Gasteiger charge is -2.11. The SMILES string of the molecule is CSCC(C)CNCCn1ccnc1C. The number of aromatic nitrogens is 2. The van der Waals surface area contributed by atoms with Gasteiger partial charge in [0.2, 0.25) is 0 Å². The molecule has 0 aliphatic heterocycles. The lowest BCUT2D eigenvalue weighted by molar-refractivity contribution is 0.526. The first-order chi connectivity index (χ1) is 7.24. The van der Waals surface area contributed by atoms with Crippen LogP contribution in [-0.2, 0) is 6.54 Å². The van der Waals surface area contributed by atoms with Crippen molar-refractivity contribution in [2.75, 3.05) is 25.1 Å². The number of nitrogens with one attached hydrogen (secondary N) is 1. The van der Waals surface area contributed by atoms with Crippen LogP contribution in [0.3, 0.4) is 0 Å². The van der Waals surface area contributed by atoms with E-state index in [0.29, 0.717) is 0 Å². The largest absolute Gasteiger partial charge is 0.334 e. The summed E-state index contributed by atoms with van der Waals surface area (Å²) in [5, 5.41) is 3.47. The summed E-state index contributed by atoms with van der Waals surface area (Å²) in [6.45, 7) is 7.46. The van der Waals surface area contributed by atoms with Crippen molar-refractivity contribution >= 4 is 11.8 Å². The number of aryl methyl sites for hydroxylation is 1. The van der Waals surface area contributed by atoms with Gasteiger partial charge in [-0.1, -0.05) is 6.92 Å². The van der Waals surface area contributed by atoms with Gasteiger partial charge in [-0.3, -0.25) is 0 Å². The minimum Gasteiger partial charge on any atom is -0.334 e. The number of hydrogen-bond donors (Lipinski definition) is 1. The highest BCUT2D eigenvalue weighted by Crippen LogP contribution is 2.02. The second-order valence-corrected chi connectivity index (χ2v) is 4.84. The second kappa shape index (κ2) is 6.90. The fourth-order valence-corrected chi connectivity index (χ4v) is 2.22. The summed E-state index contributed by atoms with van der Waals surface area (Å²) in [6, 6.07) is 0. The van der Waals surface area contributed by atoms with E-state index < -0.39 is 0 Å². The summed E-state index contributed by atoms with van der Waals surface area (Å²) < 4.78 is 2.17. The highest BCUT2D eigenvalue weighted by Gasteiger charge is 2.00. The summed E-state index contributed by atoms with van der Waals surface area (Å²) in [6.07, 6.45) is 6.04. The molecular weight excluding hydrogens is 206 g/mol. The monoisotopic (exact) mass is 227 g/mol. The molecule has 1 aromatic rings. The summed E-state index contributed by atoms with van der Waals surface area (Å²) in [4.78, 5) is 4.19. The molecule has 0 radical (unpaired) electrons. The zero-order valence-electron chi connectivity index (χ0n) is 9.86. The third kappa shape index (κ3) is 4.71. The molecule has 1 N–H and O–H groups in total. The van der Waals surface area contributed by atoms with E-state index in [4.69, 9.17) is 0 Å². The van der Waals surface area contributed by atoms with Crippen LogP contribution in [0, 0.1) is 12.8 Å². The third-order valence-corrected chi connectivity index (χ3v) is 3.30. The van der Waals surface area contributed by atoms with E-state index in [9.17, 15) is 0 Å². The molecule has 0 saturated carbocycles. The molecule has 0 spiro atoms. The fourth-order valence-electron chi connectivity index (χ4n) is 1.53. The van der Waals surface area contributed by atoms with Gasteiger partial charge in [-0.25, -0.2) is 4.98 Å². The lowest BCUT2D eigenvalue weighted by atomic mass is 10.2. The first kappa shape index (κ1) is 12.6. The van der Waals surface area contributed by atoms with E-state index in [0.717, 1.165) is 31.4 Å². The average Bonchev–Trinajstić information content (AvgIpc) is 2.60. The van der Waals surface area contributed by atoms with E-state index in [2.05, 4.69) is 28.0 Å². The van der Waals surface area contributed by atoms with Crippen molar-refractivity contribution in [3.63, 3.8) is 0 Å². The average molecular weight is 227 g/mol. The van der Waals surface area contributed by atoms with Gasteiger partial charge < -0.3 is 9.88 Å². The van der Waals surface area contributed by atoms with E-state index >= 15 is 0 Å². The van der Waals surface area contributed by atoms with Crippen molar-refractivity contribution in [3.8, 4) is 0 Å². The molecule has 0 saturated heterocycles. The molecular formula is C11H21N3S. The molecule has 15 heavy (non-hydrogen) atoms. The minimum atomic E-state index is 0.754. The molecule has 1 rings (SSSR count). The number of nitrogens with zero attached hydrogens (tertiary/aromatic N) is 2. The van der Waals surface area contributed by atoms with Crippen LogP contribution < -0.4 is 5.32 Å². The van der Waals surface area contributed by atoms with Crippen LogP contribution in [0.2, 0.25) is 0 Å². The number of thioether (sulfide) groups is 1. The molecule has 0 aliphatic rings. The predicted octanol–water partition coefficient (Wildman–Crippen LogP) is 1.78. The van der Waals surface area contributed by atoms with Crippen LogP contribution in [0.1, 0.15) is 12.7 Å². The molecule has 0 aromatic carbocycles. The Morgan fingerprint density at radius 2 is 2.40 bits per heavy atom. The van der Waals surface area contributed by atoms with Crippen LogP contribution >= 0.6 is 11.8 Å². The molecule has 0 aliphatic carbocycles. The molecule has 0 amide bonds. The topological polar surface area (TPSA) is 29.9 Å². The first-order valence-corrected chi connectivity index (χ1v) is 6.80. The van der Waals surface area contributed by atoms with Gasteiger partial charge in [0.25, 0.3) is 0 Å². The Labute approximate surface area is 96.7 Å². The van der Waals surface area contributed by atoms with E-state index in [1.165, 1.54) is 5.75 Å². The Hall–Kier alpha value is -0.480. The van der Waals surface area contributed by atoms with E-state index in [1.807, 2.05) is 31.1 Å². The zero-order chi connectivity index (χ0) is 11.1. The van der Waals surface area contributed by atoms with Crippen molar-refractivity contribution in [2.45, 2.75) is 20.4 Å². The van der Waals surface area contributed by atoms with Crippen LogP contribution in [0.15, 0.2) is 12.4 Å². The standard InChI is InChI=1S/C11H21N3S/c1-10(9-15-3)8-12-4-6-14-7-5-13-11(14)2/h5,7,10,12H,4,6,8-9H2,1-3H3. The summed E-state index contributed by atoms with van der Waals surface area (Å²) in [5.74, 6) is 3.08. The number of imidazole rings is 1. The van der Waals surface area contributed by atoms with E-state index in [-0.39, 0.29) is 0 Å². The van der Waals surface area contributed by atoms with Gasteiger partial charge in [0.15, 0.2) is 0 Å². The second-order valence-electron chi connectivity index (χ2n) is 3.93. The maximum absolute atomic E-state index is 4.19. The molecule has 1 unspecified atom stereocenters. The molecule has 1 atom stereocenters. The molecule has 1 aromatic heterocycles. The van der Waals surface area contributed by atoms with Gasteiger partial charge in [0.1, 0.15) is 5.82 Å². The van der Waals surface area contributed by atoms with Gasteiger partial charge in [-0.05, 0) is 31.4 Å². The van der Waals surface area contributed by atoms with Crippen molar-refractivity contribution in [1.82, 2.24) is 14.9 Å². The summed E-state index contributed by atoms with van der Waals surface area (Å²) >= 11 is 1.91. The maximum Gasteiger partial charge on any atom is 0.105 e. The third-order valence-electron chi connectivity index (χ3n) is 2.40. The lowest BCUT2D eigenvalue weighted by Crippen LogP contribution is -2.26. The minimum absolute atomic E-state index is 0.754. The predicted molar refractivity (Wildman–Crippen MR) is 67.4 cm³/mol. The van der Waals surface area contributed by atoms with Gasteiger partial charge in [-0.15, -0.1) is 0 Å². The highest BCUT2D eigenvalue weighted by molar-refractivity contribution is 7.98. The molecule has 1 heterocycles. The summed E-state index contributed by atoms with van der Waals surface area (Å²) in [7, 11) is 0. The number of hydrogen-bond acceptors (Lipinski definition) is 3. The van der Waals surface area contributed by atoms with Crippen LogP contribution in [-0.4, -0.2) is 34.6 Å². The van der Waals surface area contributed by atoms with Crippen molar-refractivity contribution in [2.24, 2.45) is 5.92 Å².